The number of aromatic nitrogens is 4. The molecule has 2 aromatic heterocycles. The van der Waals surface area contributed by atoms with Crippen molar-refractivity contribution in [3.63, 3.8) is 0 Å². The molecule has 0 atom stereocenters. The number of aryl methyl sites for hydroxylation is 2. The third kappa shape index (κ3) is 4.53. The maximum Gasteiger partial charge on any atom is 0.226 e. The molecule has 2 heterocycles. The maximum atomic E-state index is 5.54. The Morgan fingerprint density at radius 3 is 3.00 bits per heavy atom. The van der Waals surface area contributed by atoms with Crippen LogP contribution < -0.4 is 10.1 Å². The summed E-state index contributed by atoms with van der Waals surface area (Å²) < 4.78 is 7.59. The van der Waals surface area contributed by atoms with Crippen LogP contribution in [0.5, 0.6) is 5.88 Å². The molecule has 2 aromatic rings. The molecule has 20 heavy (non-hydrogen) atoms. The maximum absolute atomic E-state index is 5.54. The Balaban J connectivity index is 1.80. The Kier molecular flexibility index (Phi) is 5.34. The van der Waals surface area contributed by atoms with E-state index in [2.05, 4.69) is 31.8 Å². The minimum Gasteiger partial charge on any atom is -0.478 e. The van der Waals surface area contributed by atoms with Crippen LogP contribution in [0.2, 0.25) is 0 Å². The largest absolute Gasteiger partial charge is 0.478 e. The SMILES string of the molecule is CCCOc1cc(C)nc(NCCCn2ccnc2)n1. The average molecular weight is 275 g/mol. The standard InChI is InChI=1S/C14H21N5O/c1-3-9-20-13-10-12(2)17-14(18-13)16-5-4-7-19-8-6-15-11-19/h6,8,10-11H,3-5,7,9H2,1-2H3,(H,16,17,18). The topological polar surface area (TPSA) is 64.9 Å². The van der Waals surface area contributed by atoms with Crippen molar-refractivity contribution in [2.75, 3.05) is 18.5 Å². The van der Waals surface area contributed by atoms with E-state index in [0.717, 1.165) is 31.6 Å². The van der Waals surface area contributed by atoms with Gasteiger partial charge in [0.2, 0.25) is 11.8 Å². The summed E-state index contributed by atoms with van der Waals surface area (Å²) in [6, 6.07) is 1.85. The van der Waals surface area contributed by atoms with Gasteiger partial charge in [-0.05, 0) is 19.8 Å². The molecule has 6 nitrogen and oxygen atoms in total. The Labute approximate surface area is 119 Å². The van der Waals surface area contributed by atoms with Crippen molar-refractivity contribution in [2.45, 2.75) is 33.2 Å². The first kappa shape index (κ1) is 14.3. The zero-order valence-electron chi connectivity index (χ0n) is 12.0. The molecule has 0 aliphatic heterocycles. The van der Waals surface area contributed by atoms with Crippen molar-refractivity contribution in [1.29, 1.82) is 0 Å². The molecule has 0 saturated carbocycles. The summed E-state index contributed by atoms with van der Waals surface area (Å²) in [5, 5.41) is 3.23. The molecule has 0 amide bonds. The van der Waals surface area contributed by atoms with Gasteiger partial charge >= 0.3 is 0 Å². The van der Waals surface area contributed by atoms with Gasteiger partial charge in [-0.1, -0.05) is 6.92 Å². The minimum absolute atomic E-state index is 0.627. The lowest BCUT2D eigenvalue weighted by molar-refractivity contribution is 0.305. The van der Waals surface area contributed by atoms with Crippen molar-refractivity contribution in [1.82, 2.24) is 19.5 Å². The molecule has 0 unspecified atom stereocenters. The summed E-state index contributed by atoms with van der Waals surface area (Å²) in [5.41, 5.74) is 0.906. The second kappa shape index (κ2) is 7.47. The normalized spacial score (nSPS) is 10.5. The first-order chi connectivity index (χ1) is 9.78. The van der Waals surface area contributed by atoms with E-state index in [9.17, 15) is 0 Å². The van der Waals surface area contributed by atoms with E-state index in [0.29, 0.717) is 18.4 Å². The smallest absolute Gasteiger partial charge is 0.226 e. The van der Waals surface area contributed by atoms with Gasteiger partial charge in [-0.2, -0.15) is 4.98 Å². The van der Waals surface area contributed by atoms with Crippen LogP contribution >= 0.6 is 0 Å². The molecule has 1 N–H and O–H groups in total. The van der Waals surface area contributed by atoms with E-state index < -0.39 is 0 Å². The van der Waals surface area contributed by atoms with Crippen LogP contribution in [0.4, 0.5) is 5.95 Å². The second-order valence-corrected chi connectivity index (χ2v) is 4.60. The minimum atomic E-state index is 0.627. The molecular weight excluding hydrogens is 254 g/mol. The highest BCUT2D eigenvalue weighted by atomic mass is 16.5. The zero-order chi connectivity index (χ0) is 14.2. The second-order valence-electron chi connectivity index (χ2n) is 4.60. The third-order valence-corrected chi connectivity index (χ3v) is 2.72. The van der Waals surface area contributed by atoms with Crippen molar-refractivity contribution in [2.24, 2.45) is 0 Å². The Morgan fingerprint density at radius 2 is 2.25 bits per heavy atom. The number of hydrogen-bond donors (Lipinski definition) is 1. The predicted octanol–water partition coefficient (Wildman–Crippen LogP) is 2.27. The average Bonchev–Trinajstić information content (AvgIpc) is 2.94. The van der Waals surface area contributed by atoms with Gasteiger partial charge in [0.05, 0.1) is 12.9 Å². The van der Waals surface area contributed by atoms with Gasteiger partial charge in [0.1, 0.15) is 0 Å². The molecule has 0 radical (unpaired) electrons. The molecule has 0 saturated heterocycles. The number of hydrogen-bond acceptors (Lipinski definition) is 5. The van der Waals surface area contributed by atoms with Gasteiger partial charge < -0.3 is 14.6 Å². The highest BCUT2D eigenvalue weighted by Crippen LogP contribution is 2.12. The molecule has 2 rings (SSSR count). The first-order valence-corrected chi connectivity index (χ1v) is 6.96. The number of anilines is 1. The van der Waals surface area contributed by atoms with Crippen molar-refractivity contribution < 1.29 is 4.74 Å². The van der Waals surface area contributed by atoms with E-state index in [1.807, 2.05) is 25.5 Å². The predicted molar refractivity (Wildman–Crippen MR) is 77.9 cm³/mol. The lowest BCUT2D eigenvalue weighted by atomic mass is 10.4. The van der Waals surface area contributed by atoms with Gasteiger partial charge in [-0.3, -0.25) is 0 Å². The van der Waals surface area contributed by atoms with Crippen LogP contribution in [0.15, 0.2) is 24.8 Å². The van der Waals surface area contributed by atoms with Gasteiger partial charge in [-0.25, -0.2) is 9.97 Å². The van der Waals surface area contributed by atoms with Gasteiger partial charge in [0.25, 0.3) is 0 Å². The fourth-order valence-electron chi connectivity index (χ4n) is 1.78. The molecule has 108 valence electrons. The molecule has 0 aliphatic rings. The van der Waals surface area contributed by atoms with Crippen molar-refractivity contribution in [3.05, 3.63) is 30.5 Å². The fourth-order valence-corrected chi connectivity index (χ4v) is 1.78. The van der Waals surface area contributed by atoms with Gasteiger partial charge in [0.15, 0.2) is 0 Å². The number of nitrogens with one attached hydrogen (secondary N) is 1. The van der Waals surface area contributed by atoms with Crippen LogP contribution in [0.3, 0.4) is 0 Å². The van der Waals surface area contributed by atoms with Crippen LogP contribution in [0.1, 0.15) is 25.5 Å². The van der Waals surface area contributed by atoms with E-state index in [1.54, 1.807) is 6.20 Å². The lowest BCUT2D eigenvalue weighted by Gasteiger charge is -2.09. The molecule has 0 bridgehead atoms. The van der Waals surface area contributed by atoms with Crippen LogP contribution in [0.25, 0.3) is 0 Å². The van der Waals surface area contributed by atoms with Crippen molar-refractivity contribution >= 4 is 5.95 Å². The Bertz CT molecular complexity index is 512. The third-order valence-electron chi connectivity index (χ3n) is 2.72. The molecule has 0 aliphatic carbocycles. The highest BCUT2D eigenvalue weighted by Gasteiger charge is 2.02. The van der Waals surface area contributed by atoms with Gasteiger partial charge in [0, 0.05) is 37.2 Å². The molecular formula is C14H21N5O. The summed E-state index contributed by atoms with van der Waals surface area (Å²) >= 11 is 0. The Hall–Kier alpha value is -2.11. The molecule has 0 spiro atoms. The molecule has 0 fully saturated rings. The number of ether oxygens (including phenoxy) is 1. The summed E-state index contributed by atoms with van der Waals surface area (Å²) in [6.07, 6.45) is 7.52. The first-order valence-electron chi connectivity index (χ1n) is 6.96. The summed E-state index contributed by atoms with van der Waals surface area (Å²) in [7, 11) is 0. The van der Waals surface area contributed by atoms with E-state index in [1.165, 1.54) is 0 Å². The quantitative estimate of drug-likeness (QED) is 0.749. The lowest BCUT2D eigenvalue weighted by Crippen LogP contribution is -2.10. The molecule has 6 heteroatoms. The summed E-state index contributed by atoms with van der Waals surface area (Å²) in [4.78, 5) is 12.7. The van der Waals surface area contributed by atoms with Gasteiger partial charge in [-0.15, -0.1) is 0 Å². The highest BCUT2D eigenvalue weighted by molar-refractivity contribution is 5.30. The summed E-state index contributed by atoms with van der Waals surface area (Å²) in [5.74, 6) is 1.26. The van der Waals surface area contributed by atoms with E-state index in [4.69, 9.17) is 4.74 Å². The number of rotatable bonds is 8. The number of nitrogens with zero attached hydrogens (tertiary/aromatic N) is 4. The monoisotopic (exact) mass is 275 g/mol. The van der Waals surface area contributed by atoms with E-state index in [-0.39, 0.29) is 0 Å². The summed E-state index contributed by atoms with van der Waals surface area (Å²) in [6.45, 7) is 6.43. The fraction of sp³-hybridized carbons (Fsp3) is 0.500. The van der Waals surface area contributed by atoms with Crippen molar-refractivity contribution in [3.8, 4) is 5.88 Å². The van der Waals surface area contributed by atoms with Crippen LogP contribution in [-0.2, 0) is 6.54 Å². The van der Waals surface area contributed by atoms with Crippen LogP contribution in [-0.4, -0.2) is 32.7 Å². The zero-order valence-corrected chi connectivity index (χ0v) is 12.0. The van der Waals surface area contributed by atoms with Crippen LogP contribution in [0, 0.1) is 6.92 Å². The van der Waals surface area contributed by atoms with E-state index >= 15 is 0 Å². The number of imidazole rings is 1. The Morgan fingerprint density at radius 1 is 1.35 bits per heavy atom. The molecule has 0 aromatic carbocycles.